The van der Waals surface area contributed by atoms with Crippen LogP contribution in [0.25, 0.3) is 16.8 Å². The van der Waals surface area contributed by atoms with E-state index in [0.29, 0.717) is 10.6 Å². The maximum Gasteiger partial charge on any atom is 0.416 e. The Balaban J connectivity index is 2.07. The van der Waals surface area contributed by atoms with Crippen molar-refractivity contribution >= 4 is 34.8 Å². The molecule has 0 saturated heterocycles. The second-order valence-corrected chi connectivity index (χ2v) is 6.16. The van der Waals surface area contributed by atoms with Crippen molar-refractivity contribution in [1.29, 1.82) is 0 Å². The highest BCUT2D eigenvalue weighted by molar-refractivity contribution is 6.38. The zero-order valence-electron chi connectivity index (χ0n) is 11.8. The lowest BCUT2D eigenvalue weighted by atomic mass is 10.1. The van der Waals surface area contributed by atoms with E-state index in [1.807, 2.05) is 6.07 Å². The maximum atomic E-state index is 12.8. The van der Waals surface area contributed by atoms with Gasteiger partial charge in [-0.2, -0.15) is 18.3 Å². The van der Waals surface area contributed by atoms with Gasteiger partial charge in [-0.15, -0.1) is 0 Å². The van der Waals surface area contributed by atoms with Gasteiger partial charge in [-0.25, -0.2) is 4.68 Å². The Morgan fingerprint density at radius 2 is 1.54 bits per heavy atom. The third-order valence-electron chi connectivity index (χ3n) is 3.34. The molecular weight excluding hydrogens is 384 g/mol. The highest BCUT2D eigenvalue weighted by Gasteiger charge is 2.32. The van der Waals surface area contributed by atoms with Crippen molar-refractivity contribution in [1.82, 2.24) is 9.78 Å². The van der Waals surface area contributed by atoms with Gasteiger partial charge in [0.2, 0.25) is 0 Å². The first-order chi connectivity index (χ1) is 11.3. The maximum absolute atomic E-state index is 12.8. The van der Waals surface area contributed by atoms with Crippen LogP contribution in [0.2, 0.25) is 15.1 Å². The Morgan fingerprint density at radius 1 is 0.917 bits per heavy atom. The quantitative estimate of drug-likeness (QED) is 0.486. The molecule has 0 atom stereocenters. The van der Waals surface area contributed by atoms with Crippen LogP contribution in [0.3, 0.4) is 0 Å². The van der Waals surface area contributed by atoms with Gasteiger partial charge in [0.25, 0.3) is 0 Å². The summed E-state index contributed by atoms with van der Waals surface area (Å²) in [6.45, 7) is 0. The number of rotatable bonds is 2. The molecule has 2 aromatic carbocycles. The third kappa shape index (κ3) is 3.24. The Kier molecular flexibility index (Phi) is 4.51. The average molecular weight is 392 g/mol. The molecule has 3 rings (SSSR count). The van der Waals surface area contributed by atoms with Gasteiger partial charge in [-0.3, -0.25) is 0 Å². The van der Waals surface area contributed by atoms with Crippen molar-refractivity contribution in [2.75, 3.05) is 0 Å². The number of aromatic nitrogens is 2. The summed E-state index contributed by atoms with van der Waals surface area (Å²) in [4.78, 5) is 0. The minimum absolute atomic E-state index is 0.149. The number of nitrogens with zero attached hydrogens (tertiary/aromatic N) is 2. The third-order valence-corrected chi connectivity index (χ3v) is 4.25. The minimum Gasteiger partial charge on any atom is -0.237 e. The predicted octanol–water partition coefficient (Wildman–Crippen LogP) is 6.52. The van der Waals surface area contributed by atoms with Crippen LogP contribution in [-0.4, -0.2) is 9.78 Å². The molecule has 1 aromatic heterocycles. The van der Waals surface area contributed by atoms with Crippen molar-refractivity contribution < 1.29 is 13.2 Å². The molecule has 8 heteroatoms. The van der Waals surface area contributed by atoms with Gasteiger partial charge in [0.05, 0.1) is 21.8 Å². The van der Waals surface area contributed by atoms with Gasteiger partial charge in [0, 0.05) is 22.3 Å². The smallest absolute Gasteiger partial charge is 0.237 e. The molecule has 0 spiro atoms. The fourth-order valence-electron chi connectivity index (χ4n) is 2.23. The Morgan fingerprint density at radius 3 is 2.12 bits per heavy atom. The average Bonchev–Trinajstić information content (AvgIpc) is 2.95. The van der Waals surface area contributed by atoms with Crippen LogP contribution in [0.5, 0.6) is 0 Å². The molecule has 0 aliphatic rings. The minimum atomic E-state index is -4.53. The predicted molar refractivity (Wildman–Crippen MR) is 89.0 cm³/mol. The van der Waals surface area contributed by atoms with Gasteiger partial charge in [-0.05, 0) is 18.2 Å². The topological polar surface area (TPSA) is 17.8 Å². The standard InChI is InChI=1S/C16H8Cl3F3N2/c17-12-4-2-1-3-11(12)9-7-23-24(8-9)15-13(18)5-10(6-14(15)19)16(20,21)22/h1-8H. The summed E-state index contributed by atoms with van der Waals surface area (Å²) in [6, 6.07) is 8.78. The molecule has 0 radical (unpaired) electrons. The molecule has 0 fully saturated rings. The first-order valence-electron chi connectivity index (χ1n) is 6.63. The lowest BCUT2D eigenvalue weighted by molar-refractivity contribution is -0.137. The monoisotopic (exact) mass is 390 g/mol. The van der Waals surface area contributed by atoms with E-state index in [0.717, 1.165) is 17.7 Å². The van der Waals surface area contributed by atoms with Gasteiger partial charge in [-0.1, -0.05) is 53.0 Å². The number of alkyl halides is 3. The first-order valence-corrected chi connectivity index (χ1v) is 7.77. The Hall–Kier alpha value is -1.69. The summed E-state index contributed by atoms with van der Waals surface area (Å²) in [7, 11) is 0. The van der Waals surface area contributed by atoms with Gasteiger partial charge < -0.3 is 0 Å². The van der Waals surface area contributed by atoms with Crippen LogP contribution in [0.4, 0.5) is 13.2 Å². The fraction of sp³-hybridized carbons (Fsp3) is 0.0625. The molecule has 0 aliphatic carbocycles. The van der Waals surface area contributed by atoms with Crippen molar-refractivity contribution in [3.63, 3.8) is 0 Å². The lowest BCUT2D eigenvalue weighted by Gasteiger charge is -2.12. The molecular formula is C16H8Cl3F3N2. The Bertz CT molecular complexity index is 881. The van der Waals surface area contributed by atoms with Gasteiger partial charge in [0.1, 0.15) is 5.69 Å². The van der Waals surface area contributed by atoms with Crippen LogP contribution in [0.1, 0.15) is 5.56 Å². The molecule has 0 N–H and O–H groups in total. The highest BCUT2D eigenvalue weighted by atomic mass is 35.5. The van der Waals surface area contributed by atoms with E-state index in [4.69, 9.17) is 34.8 Å². The zero-order chi connectivity index (χ0) is 17.5. The van der Waals surface area contributed by atoms with Gasteiger partial charge >= 0.3 is 6.18 Å². The lowest BCUT2D eigenvalue weighted by Crippen LogP contribution is -2.06. The van der Waals surface area contributed by atoms with E-state index in [1.165, 1.54) is 10.9 Å². The summed E-state index contributed by atoms with van der Waals surface area (Å²) >= 11 is 18.1. The second kappa shape index (κ2) is 6.31. The number of benzene rings is 2. The normalized spacial score (nSPS) is 11.8. The highest BCUT2D eigenvalue weighted by Crippen LogP contribution is 2.38. The SMILES string of the molecule is FC(F)(F)c1cc(Cl)c(-n2cc(-c3ccccc3Cl)cn2)c(Cl)c1. The largest absolute Gasteiger partial charge is 0.416 e. The molecule has 0 saturated carbocycles. The van der Waals surface area contributed by atoms with Crippen LogP contribution in [0, 0.1) is 0 Å². The molecule has 3 aromatic rings. The summed E-state index contributed by atoms with van der Waals surface area (Å²) in [5.74, 6) is 0. The second-order valence-electron chi connectivity index (χ2n) is 4.94. The molecule has 0 amide bonds. The molecule has 0 unspecified atom stereocenters. The number of hydrogen-bond acceptors (Lipinski definition) is 1. The zero-order valence-corrected chi connectivity index (χ0v) is 14.0. The molecule has 1 heterocycles. The van der Waals surface area contributed by atoms with Crippen LogP contribution in [-0.2, 0) is 6.18 Å². The van der Waals surface area contributed by atoms with Crippen LogP contribution < -0.4 is 0 Å². The summed E-state index contributed by atoms with van der Waals surface area (Å²) in [5.41, 5.74) is 0.682. The molecule has 0 aliphatic heterocycles. The molecule has 124 valence electrons. The summed E-state index contributed by atoms with van der Waals surface area (Å²) < 4.78 is 39.7. The van der Waals surface area contributed by atoms with Crippen molar-refractivity contribution in [3.05, 3.63) is 69.4 Å². The van der Waals surface area contributed by atoms with E-state index >= 15 is 0 Å². The van der Waals surface area contributed by atoms with Crippen LogP contribution >= 0.6 is 34.8 Å². The number of hydrogen-bond donors (Lipinski definition) is 0. The van der Waals surface area contributed by atoms with E-state index in [1.54, 1.807) is 24.4 Å². The van der Waals surface area contributed by atoms with Crippen molar-refractivity contribution in [2.24, 2.45) is 0 Å². The van der Waals surface area contributed by atoms with E-state index < -0.39 is 11.7 Å². The van der Waals surface area contributed by atoms with Crippen LogP contribution in [0.15, 0.2) is 48.8 Å². The molecule has 2 nitrogen and oxygen atoms in total. The first kappa shape index (κ1) is 17.1. The summed E-state index contributed by atoms with van der Waals surface area (Å²) in [5, 5.41) is 4.36. The van der Waals surface area contributed by atoms with Gasteiger partial charge in [0.15, 0.2) is 0 Å². The number of halogens is 6. The fourth-order valence-corrected chi connectivity index (χ4v) is 3.13. The summed E-state index contributed by atoms with van der Waals surface area (Å²) in [6.07, 6.45) is -1.40. The molecule has 24 heavy (non-hydrogen) atoms. The Labute approximate surface area is 150 Å². The molecule has 0 bridgehead atoms. The van der Waals surface area contributed by atoms with E-state index in [2.05, 4.69) is 5.10 Å². The van der Waals surface area contributed by atoms with Crippen molar-refractivity contribution in [3.8, 4) is 16.8 Å². The van der Waals surface area contributed by atoms with Crippen molar-refractivity contribution in [2.45, 2.75) is 6.18 Å². The van der Waals surface area contributed by atoms with E-state index in [9.17, 15) is 13.2 Å². The van der Waals surface area contributed by atoms with E-state index in [-0.39, 0.29) is 15.7 Å².